The average Bonchev–Trinajstić information content (AvgIpc) is 2.41. The van der Waals surface area contributed by atoms with Crippen molar-refractivity contribution in [2.45, 2.75) is 92.4 Å². The zero-order chi connectivity index (χ0) is 14.6. The summed E-state index contributed by atoms with van der Waals surface area (Å²) in [7, 11) is 0. The Balaban J connectivity index is 4.60. The molecule has 3 heteroatoms. The van der Waals surface area contributed by atoms with Crippen molar-refractivity contribution in [1.29, 1.82) is 0 Å². The van der Waals surface area contributed by atoms with Gasteiger partial charge in [-0.25, -0.2) is 0 Å². The van der Waals surface area contributed by atoms with Gasteiger partial charge >= 0.3 is 125 Å². The first-order valence-corrected chi connectivity index (χ1v) is 15.6. The summed E-state index contributed by atoms with van der Waals surface area (Å²) in [5.74, 6) is 0.110. The number of carbonyl (C=O) groups excluding carboxylic acids is 1. The maximum atomic E-state index is 12.0. The fourth-order valence-electron chi connectivity index (χ4n) is 2.60. The van der Waals surface area contributed by atoms with E-state index in [1.54, 1.807) is 0 Å². The molecule has 0 heterocycles. The van der Waals surface area contributed by atoms with Crippen LogP contribution in [-0.4, -0.2) is 24.8 Å². The molecule has 114 valence electrons. The van der Waals surface area contributed by atoms with Crippen LogP contribution in [0.3, 0.4) is 0 Å². The molecule has 0 radical (unpaired) electrons. The van der Waals surface area contributed by atoms with Gasteiger partial charge in [-0.1, -0.05) is 0 Å². The van der Waals surface area contributed by atoms with Gasteiger partial charge in [0.05, 0.1) is 0 Å². The molecule has 0 aliphatic heterocycles. The van der Waals surface area contributed by atoms with Crippen molar-refractivity contribution >= 4 is 24.8 Å². The van der Waals surface area contributed by atoms with Crippen molar-refractivity contribution in [3.05, 3.63) is 0 Å². The summed E-state index contributed by atoms with van der Waals surface area (Å²) in [6.07, 6.45) is 8.83. The van der Waals surface area contributed by atoms with Crippen LogP contribution in [0.2, 0.25) is 13.3 Å². The first-order chi connectivity index (χ1) is 9.14. The van der Waals surface area contributed by atoms with Crippen LogP contribution in [0, 0.1) is 0 Å². The molecule has 0 aliphatic carbocycles. The molecule has 0 saturated carbocycles. The van der Waals surface area contributed by atoms with E-state index in [9.17, 15) is 4.79 Å². The predicted octanol–water partition coefficient (Wildman–Crippen LogP) is 5.68. The molecule has 0 amide bonds. The van der Waals surface area contributed by atoms with Crippen LogP contribution in [0.25, 0.3) is 0 Å². The monoisotopic (exact) mass is 378 g/mol. The van der Waals surface area contributed by atoms with Crippen molar-refractivity contribution in [3.8, 4) is 0 Å². The SMILES string of the molecule is CCCCC(=O)[O][Sn]([CH2]CC)([CH2]CCC)[CH2]CCC. The average molecular weight is 377 g/mol. The molecule has 2 nitrogen and oxygen atoms in total. The minimum atomic E-state index is -2.63. The van der Waals surface area contributed by atoms with Gasteiger partial charge in [0.25, 0.3) is 0 Å². The standard InChI is InChI=1S/C5H10O2.2C4H9.C3H7.Sn/c1-2-3-4-5(6)7;2*1-3-4-2;1-3-2;/h2-4H2,1H3,(H,6,7);2*1,3-4H2,2H3;1,3H2,2H3;/q;;;;+1/p-1. The van der Waals surface area contributed by atoms with Gasteiger partial charge in [-0.05, 0) is 0 Å². The third kappa shape index (κ3) is 8.93. The number of hydrogen-bond acceptors (Lipinski definition) is 2. The predicted molar refractivity (Wildman–Crippen MR) is 85.9 cm³/mol. The third-order valence-corrected chi connectivity index (χ3v) is 16.9. The molecular formula is C16H34O2Sn. The van der Waals surface area contributed by atoms with Crippen LogP contribution < -0.4 is 0 Å². The molecule has 0 unspecified atom stereocenters. The molecule has 0 bridgehead atoms. The molecule has 0 rings (SSSR count). The van der Waals surface area contributed by atoms with E-state index in [0.29, 0.717) is 6.42 Å². The van der Waals surface area contributed by atoms with E-state index in [1.807, 2.05) is 0 Å². The van der Waals surface area contributed by atoms with Crippen molar-refractivity contribution in [1.82, 2.24) is 0 Å². The Morgan fingerprint density at radius 2 is 1.32 bits per heavy atom. The first-order valence-electron chi connectivity index (χ1n) is 8.36. The van der Waals surface area contributed by atoms with Gasteiger partial charge in [-0.2, -0.15) is 0 Å². The Morgan fingerprint density at radius 1 is 0.789 bits per heavy atom. The number of carbonyl (C=O) groups is 1. The van der Waals surface area contributed by atoms with E-state index in [-0.39, 0.29) is 5.97 Å². The Kier molecular flexibility index (Phi) is 12.2. The van der Waals surface area contributed by atoms with Crippen molar-refractivity contribution in [2.75, 3.05) is 0 Å². The number of rotatable bonds is 12. The molecule has 19 heavy (non-hydrogen) atoms. The molecule has 0 spiro atoms. The third-order valence-electron chi connectivity index (χ3n) is 3.74. The molecule has 0 aromatic carbocycles. The van der Waals surface area contributed by atoms with Gasteiger partial charge in [-0.15, -0.1) is 0 Å². The van der Waals surface area contributed by atoms with Crippen LogP contribution in [-0.2, 0) is 7.87 Å². The molecule has 0 aromatic heterocycles. The van der Waals surface area contributed by atoms with Crippen LogP contribution in [0.5, 0.6) is 0 Å². The molecule has 0 N–H and O–H groups in total. The van der Waals surface area contributed by atoms with Gasteiger partial charge in [-0.3, -0.25) is 0 Å². The molecule has 0 aromatic rings. The molecule has 0 atom stereocenters. The minimum absolute atomic E-state index is 0.110. The quantitative estimate of drug-likeness (QED) is 0.410. The summed E-state index contributed by atoms with van der Waals surface area (Å²) >= 11 is -2.63. The fraction of sp³-hybridized carbons (Fsp3) is 0.938. The summed E-state index contributed by atoms with van der Waals surface area (Å²) in [6.45, 7) is 8.84. The number of unbranched alkanes of at least 4 members (excludes halogenated alkanes) is 3. The van der Waals surface area contributed by atoms with Gasteiger partial charge in [0.2, 0.25) is 0 Å². The number of hydrogen-bond donors (Lipinski definition) is 0. The Morgan fingerprint density at radius 3 is 1.74 bits per heavy atom. The second-order valence-electron chi connectivity index (χ2n) is 5.72. The van der Waals surface area contributed by atoms with Crippen LogP contribution >= 0.6 is 0 Å². The van der Waals surface area contributed by atoms with E-state index >= 15 is 0 Å². The van der Waals surface area contributed by atoms with Crippen molar-refractivity contribution in [2.24, 2.45) is 0 Å². The van der Waals surface area contributed by atoms with Crippen LogP contribution in [0.15, 0.2) is 0 Å². The fourth-order valence-corrected chi connectivity index (χ4v) is 15.6. The Bertz CT molecular complexity index is 221. The van der Waals surface area contributed by atoms with Crippen LogP contribution in [0.1, 0.15) is 79.1 Å². The summed E-state index contributed by atoms with van der Waals surface area (Å²) in [5, 5.41) is 0. The van der Waals surface area contributed by atoms with E-state index in [1.165, 1.54) is 45.4 Å². The normalized spacial score (nSPS) is 11.6. The maximum absolute atomic E-state index is 12.0. The van der Waals surface area contributed by atoms with E-state index in [2.05, 4.69) is 27.7 Å². The van der Waals surface area contributed by atoms with Crippen molar-refractivity contribution < 1.29 is 7.87 Å². The van der Waals surface area contributed by atoms with Crippen molar-refractivity contribution in [3.63, 3.8) is 0 Å². The summed E-state index contributed by atoms with van der Waals surface area (Å²) in [5.41, 5.74) is 0. The van der Waals surface area contributed by atoms with E-state index in [4.69, 9.17) is 3.07 Å². The summed E-state index contributed by atoms with van der Waals surface area (Å²) in [4.78, 5) is 12.0. The second kappa shape index (κ2) is 12.0. The molecule has 0 saturated heterocycles. The zero-order valence-electron chi connectivity index (χ0n) is 13.6. The summed E-state index contributed by atoms with van der Waals surface area (Å²) in [6, 6.07) is 0. The topological polar surface area (TPSA) is 26.3 Å². The van der Waals surface area contributed by atoms with Gasteiger partial charge in [0.15, 0.2) is 0 Å². The Hall–Kier alpha value is 0.269. The molecular weight excluding hydrogens is 343 g/mol. The molecule has 0 fully saturated rings. The van der Waals surface area contributed by atoms with Gasteiger partial charge < -0.3 is 0 Å². The zero-order valence-corrected chi connectivity index (χ0v) is 16.4. The Labute approximate surface area is 125 Å². The summed E-state index contributed by atoms with van der Waals surface area (Å²) < 4.78 is 9.88. The van der Waals surface area contributed by atoms with E-state index < -0.39 is 18.8 Å². The van der Waals surface area contributed by atoms with Gasteiger partial charge in [0, 0.05) is 0 Å². The van der Waals surface area contributed by atoms with Gasteiger partial charge in [0.1, 0.15) is 0 Å². The van der Waals surface area contributed by atoms with Crippen LogP contribution in [0.4, 0.5) is 0 Å². The van der Waals surface area contributed by atoms with E-state index in [0.717, 1.165) is 12.8 Å². The first kappa shape index (κ1) is 19.3. The second-order valence-corrected chi connectivity index (χ2v) is 17.3. The molecule has 0 aliphatic rings.